The molecule has 1 aliphatic carbocycles. The summed E-state index contributed by atoms with van der Waals surface area (Å²) in [5, 5.41) is 3.01. The first-order chi connectivity index (χ1) is 11.7. The minimum atomic E-state index is 0. The van der Waals surface area contributed by atoms with Crippen LogP contribution in [0.15, 0.2) is 12.1 Å². The molecule has 25 heavy (non-hydrogen) atoms. The highest BCUT2D eigenvalue weighted by Gasteiger charge is 2.26. The number of amides is 1. The van der Waals surface area contributed by atoms with Crippen molar-refractivity contribution in [1.82, 2.24) is 14.5 Å². The fourth-order valence-electron chi connectivity index (χ4n) is 3.50. The number of hydrogen-bond donors (Lipinski definition) is 1. The molecule has 0 aromatic carbocycles. The fraction of sp³-hybridized carbons (Fsp3) is 0.632. The highest BCUT2D eigenvalue weighted by atomic mass is 16.5. The molecule has 2 aliphatic rings. The molecule has 2 fully saturated rings. The molecule has 1 amide bonds. The molecule has 2 aromatic heterocycles. The minimum Gasteiger partial charge on any atom is -0.378 e. The van der Waals surface area contributed by atoms with Crippen molar-refractivity contribution in [3.05, 3.63) is 17.8 Å². The van der Waals surface area contributed by atoms with E-state index in [0.717, 1.165) is 55.6 Å². The van der Waals surface area contributed by atoms with Crippen LogP contribution in [0.4, 0.5) is 5.95 Å². The van der Waals surface area contributed by atoms with Crippen molar-refractivity contribution >= 4 is 23.0 Å². The molecular weight excluding hydrogens is 316 g/mol. The Bertz CT molecular complexity index is 745. The lowest BCUT2D eigenvalue weighted by atomic mass is 9.93. The van der Waals surface area contributed by atoms with Crippen LogP contribution in [0.25, 0.3) is 11.2 Å². The molecule has 3 heterocycles. The normalized spacial score (nSPS) is 20.3. The lowest BCUT2D eigenvalue weighted by Gasteiger charge is -2.28. The first kappa shape index (κ1) is 17.9. The largest absolute Gasteiger partial charge is 0.378 e. The van der Waals surface area contributed by atoms with Gasteiger partial charge in [0.25, 0.3) is 0 Å². The van der Waals surface area contributed by atoms with E-state index < -0.39 is 0 Å². The second-order valence-electron chi connectivity index (χ2n) is 6.91. The number of carbonyl (C=O) groups excluding carboxylic acids is 1. The van der Waals surface area contributed by atoms with E-state index in [2.05, 4.69) is 19.9 Å². The highest BCUT2D eigenvalue weighted by molar-refractivity contribution is 5.91. The van der Waals surface area contributed by atoms with Crippen molar-refractivity contribution in [2.75, 3.05) is 11.9 Å². The topological polar surface area (TPSA) is 69.0 Å². The van der Waals surface area contributed by atoms with E-state index >= 15 is 0 Å². The van der Waals surface area contributed by atoms with Gasteiger partial charge in [0.2, 0.25) is 11.9 Å². The highest BCUT2D eigenvalue weighted by Crippen LogP contribution is 2.36. The third-order valence-corrected chi connectivity index (χ3v) is 5.08. The van der Waals surface area contributed by atoms with Crippen LogP contribution in [0.2, 0.25) is 0 Å². The maximum Gasteiger partial charge on any atom is 0.226 e. The van der Waals surface area contributed by atoms with Gasteiger partial charge >= 0.3 is 0 Å². The van der Waals surface area contributed by atoms with Crippen LogP contribution >= 0.6 is 0 Å². The summed E-state index contributed by atoms with van der Waals surface area (Å²) in [6.07, 6.45) is 7.15. The van der Waals surface area contributed by atoms with E-state index in [4.69, 9.17) is 4.74 Å². The van der Waals surface area contributed by atoms with Gasteiger partial charge in [-0.1, -0.05) is 7.43 Å². The lowest BCUT2D eigenvalue weighted by Crippen LogP contribution is -2.23. The van der Waals surface area contributed by atoms with E-state index in [1.807, 2.05) is 19.1 Å². The molecule has 4 rings (SSSR count). The van der Waals surface area contributed by atoms with Crippen molar-refractivity contribution in [3.63, 3.8) is 0 Å². The van der Waals surface area contributed by atoms with Crippen LogP contribution < -0.4 is 5.32 Å². The number of aromatic nitrogens is 3. The van der Waals surface area contributed by atoms with Crippen LogP contribution in [0, 0.1) is 6.92 Å². The average molecular weight is 344 g/mol. The Balaban J connectivity index is 0.00000182. The Morgan fingerprint density at radius 2 is 2.12 bits per heavy atom. The third-order valence-electron chi connectivity index (χ3n) is 5.08. The van der Waals surface area contributed by atoms with Gasteiger partial charge in [0.05, 0.1) is 6.10 Å². The second-order valence-corrected chi connectivity index (χ2v) is 6.91. The standard InChI is InChI=1S/C18H24N4O2.CH4/c1-12-7-9-15-17(19-12)22(13-4-2-5-13)18(20-15)21-16(23)10-8-14-6-3-11-24-14;/h7,9,13-14H,2-6,8,10-11H2,1H3,(H,20,21,23);1H4. The molecule has 1 unspecified atom stereocenters. The van der Waals surface area contributed by atoms with Crippen molar-refractivity contribution in [2.24, 2.45) is 0 Å². The van der Waals surface area contributed by atoms with Gasteiger partial charge in [0.15, 0.2) is 5.65 Å². The quantitative estimate of drug-likeness (QED) is 0.890. The number of pyridine rings is 1. The van der Waals surface area contributed by atoms with Gasteiger partial charge < -0.3 is 4.74 Å². The zero-order valence-corrected chi connectivity index (χ0v) is 14.1. The maximum atomic E-state index is 12.4. The van der Waals surface area contributed by atoms with E-state index in [1.165, 1.54) is 6.42 Å². The van der Waals surface area contributed by atoms with Crippen LogP contribution in [0.1, 0.15) is 64.1 Å². The molecule has 0 radical (unpaired) electrons. The smallest absolute Gasteiger partial charge is 0.226 e. The summed E-state index contributed by atoms with van der Waals surface area (Å²) in [5.74, 6) is 0.656. The number of imidazole rings is 1. The Morgan fingerprint density at radius 1 is 1.28 bits per heavy atom. The molecule has 1 aliphatic heterocycles. The van der Waals surface area contributed by atoms with E-state index in [9.17, 15) is 4.79 Å². The fourth-order valence-corrected chi connectivity index (χ4v) is 3.50. The monoisotopic (exact) mass is 344 g/mol. The molecule has 136 valence electrons. The van der Waals surface area contributed by atoms with E-state index in [1.54, 1.807) is 0 Å². The molecule has 1 saturated carbocycles. The average Bonchev–Trinajstić information content (AvgIpc) is 3.13. The molecule has 0 spiro atoms. The van der Waals surface area contributed by atoms with Crippen molar-refractivity contribution < 1.29 is 9.53 Å². The van der Waals surface area contributed by atoms with E-state index in [0.29, 0.717) is 18.4 Å². The summed E-state index contributed by atoms with van der Waals surface area (Å²) in [6.45, 7) is 2.81. The molecule has 1 N–H and O–H groups in total. The Morgan fingerprint density at radius 3 is 2.80 bits per heavy atom. The Labute approximate surface area is 149 Å². The molecule has 1 atom stereocenters. The molecular formula is C19H28N4O2. The zero-order valence-electron chi connectivity index (χ0n) is 14.1. The van der Waals surface area contributed by atoms with Crippen molar-refractivity contribution in [2.45, 2.75) is 71.4 Å². The van der Waals surface area contributed by atoms with Gasteiger partial charge in [-0.3, -0.25) is 14.7 Å². The summed E-state index contributed by atoms with van der Waals surface area (Å²) in [5.41, 5.74) is 2.70. The maximum absolute atomic E-state index is 12.4. The number of hydrogen-bond acceptors (Lipinski definition) is 4. The van der Waals surface area contributed by atoms with Crippen LogP contribution in [0.5, 0.6) is 0 Å². The number of aryl methyl sites for hydroxylation is 1. The second kappa shape index (κ2) is 7.52. The number of nitrogens with one attached hydrogen (secondary N) is 1. The van der Waals surface area contributed by atoms with E-state index in [-0.39, 0.29) is 19.4 Å². The molecule has 0 bridgehead atoms. The number of carbonyl (C=O) groups is 1. The molecule has 6 nitrogen and oxygen atoms in total. The van der Waals surface area contributed by atoms with Crippen molar-refractivity contribution in [1.29, 1.82) is 0 Å². The van der Waals surface area contributed by atoms with Gasteiger partial charge in [0.1, 0.15) is 5.52 Å². The summed E-state index contributed by atoms with van der Waals surface area (Å²) in [7, 11) is 0. The first-order valence-corrected chi connectivity index (χ1v) is 8.98. The summed E-state index contributed by atoms with van der Waals surface area (Å²) in [4.78, 5) is 21.6. The lowest BCUT2D eigenvalue weighted by molar-refractivity contribution is -0.116. The molecule has 1 saturated heterocycles. The summed E-state index contributed by atoms with van der Waals surface area (Å²) in [6, 6.07) is 4.34. The van der Waals surface area contributed by atoms with Gasteiger partial charge in [0, 0.05) is 24.8 Å². The summed E-state index contributed by atoms with van der Waals surface area (Å²) >= 11 is 0. The number of ether oxygens (including phenoxy) is 1. The van der Waals surface area contributed by atoms with Gasteiger partial charge in [-0.05, 0) is 57.6 Å². The Kier molecular flexibility index (Phi) is 5.37. The third kappa shape index (κ3) is 3.68. The molecule has 2 aromatic rings. The first-order valence-electron chi connectivity index (χ1n) is 8.98. The van der Waals surface area contributed by atoms with Gasteiger partial charge in [-0.2, -0.15) is 0 Å². The van der Waals surface area contributed by atoms with Crippen molar-refractivity contribution in [3.8, 4) is 0 Å². The Hall–Kier alpha value is -1.95. The number of nitrogens with zero attached hydrogens (tertiary/aromatic N) is 3. The van der Waals surface area contributed by atoms with Gasteiger partial charge in [-0.25, -0.2) is 9.97 Å². The molecule has 6 heteroatoms. The van der Waals surface area contributed by atoms with Crippen LogP contribution in [-0.4, -0.2) is 33.2 Å². The number of fused-ring (bicyclic) bond motifs is 1. The predicted molar refractivity (Wildman–Crippen MR) is 98.7 cm³/mol. The van der Waals surface area contributed by atoms with Crippen LogP contribution in [0.3, 0.4) is 0 Å². The summed E-state index contributed by atoms with van der Waals surface area (Å²) < 4.78 is 7.71. The zero-order chi connectivity index (χ0) is 16.5. The van der Waals surface area contributed by atoms with Crippen LogP contribution in [-0.2, 0) is 9.53 Å². The predicted octanol–water partition coefficient (Wildman–Crippen LogP) is 4.00. The van der Waals surface area contributed by atoms with Gasteiger partial charge in [-0.15, -0.1) is 0 Å². The number of anilines is 1. The SMILES string of the molecule is C.Cc1ccc2nc(NC(=O)CCC3CCCO3)n(C3CCC3)c2n1. The number of rotatable bonds is 5. The minimum absolute atomic E-state index is 0.